The fourth-order valence-electron chi connectivity index (χ4n) is 1.01. The Bertz CT molecular complexity index is 432. The number of halogens is 4. The lowest BCUT2D eigenvalue weighted by Gasteiger charge is -2.01. The molecule has 0 saturated carbocycles. The van der Waals surface area contributed by atoms with Crippen LogP contribution in [0.4, 0.5) is 13.2 Å². The van der Waals surface area contributed by atoms with Crippen LogP contribution in [0.3, 0.4) is 0 Å². The van der Waals surface area contributed by atoms with E-state index in [0.29, 0.717) is 6.07 Å². The van der Waals surface area contributed by atoms with E-state index in [2.05, 4.69) is 0 Å². The predicted molar refractivity (Wildman–Crippen MR) is 53.2 cm³/mol. The highest BCUT2D eigenvalue weighted by atomic mass is 35.5. The summed E-state index contributed by atoms with van der Waals surface area (Å²) in [6, 6.07) is 0.631. The molecule has 6 heteroatoms. The van der Waals surface area contributed by atoms with Gasteiger partial charge < -0.3 is 0 Å². The molecule has 88 valence electrons. The first-order valence-electron chi connectivity index (χ1n) is 4.19. The molecular weight excluding hydrogens is 245 g/mol. The van der Waals surface area contributed by atoms with Gasteiger partial charge in [0.1, 0.15) is 5.82 Å². The smallest absolute Gasteiger partial charge is 0.231 e. The second-order valence-electron chi connectivity index (χ2n) is 2.85. The van der Waals surface area contributed by atoms with Crippen molar-refractivity contribution >= 4 is 24.0 Å². The van der Waals surface area contributed by atoms with Crippen molar-refractivity contribution < 1.29 is 22.8 Å². The lowest BCUT2D eigenvalue weighted by Crippen LogP contribution is -2.15. The van der Waals surface area contributed by atoms with Crippen LogP contribution in [-0.4, -0.2) is 11.6 Å². The SMILES string of the molecule is CCC(=O)C(=O)c1cc(F)c(F)cc1F.Cl. The molecule has 0 aliphatic carbocycles. The quantitative estimate of drug-likeness (QED) is 0.471. The van der Waals surface area contributed by atoms with Crippen LogP contribution in [0.1, 0.15) is 23.7 Å². The van der Waals surface area contributed by atoms with Crippen molar-refractivity contribution in [3.8, 4) is 0 Å². The van der Waals surface area contributed by atoms with Crippen molar-refractivity contribution in [2.45, 2.75) is 13.3 Å². The van der Waals surface area contributed by atoms with E-state index in [1.54, 1.807) is 0 Å². The summed E-state index contributed by atoms with van der Waals surface area (Å²) in [6.45, 7) is 1.41. The van der Waals surface area contributed by atoms with Crippen LogP contribution >= 0.6 is 12.4 Å². The number of hydrogen-bond acceptors (Lipinski definition) is 2. The first-order valence-corrected chi connectivity index (χ1v) is 4.19. The van der Waals surface area contributed by atoms with Gasteiger partial charge >= 0.3 is 0 Å². The number of hydrogen-bond donors (Lipinski definition) is 0. The average Bonchev–Trinajstić information content (AvgIpc) is 2.21. The Morgan fingerprint density at radius 1 is 1.06 bits per heavy atom. The minimum atomic E-state index is -1.40. The Hall–Kier alpha value is -1.36. The minimum Gasteiger partial charge on any atom is -0.290 e. The monoisotopic (exact) mass is 252 g/mol. The molecule has 0 heterocycles. The van der Waals surface area contributed by atoms with Crippen LogP contribution in [0, 0.1) is 17.5 Å². The van der Waals surface area contributed by atoms with Crippen LogP contribution in [-0.2, 0) is 4.79 Å². The average molecular weight is 253 g/mol. The van der Waals surface area contributed by atoms with Crippen LogP contribution in [0.5, 0.6) is 0 Å². The lowest BCUT2D eigenvalue weighted by molar-refractivity contribution is -0.114. The van der Waals surface area contributed by atoms with Gasteiger partial charge in [0.25, 0.3) is 0 Å². The van der Waals surface area contributed by atoms with Gasteiger partial charge in [0.15, 0.2) is 11.6 Å². The number of carbonyl (C=O) groups excluding carboxylic acids is 2. The van der Waals surface area contributed by atoms with Crippen molar-refractivity contribution in [2.75, 3.05) is 0 Å². The molecule has 0 N–H and O–H groups in total. The van der Waals surface area contributed by atoms with Crippen molar-refractivity contribution in [3.05, 3.63) is 35.1 Å². The number of benzene rings is 1. The molecule has 0 aliphatic heterocycles. The van der Waals surface area contributed by atoms with E-state index in [0.717, 1.165) is 0 Å². The molecule has 1 aromatic rings. The van der Waals surface area contributed by atoms with E-state index in [4.69, 9.17) is 0 Å². The molecule has 0 atom stereocenters. The highest BCUT2D eigenvalue weighted by molar-refractivity contribution is 6.43. The molecule has 0 bridgehead atoms. The standard InChI is InChI=1S/C10H7F3O2.ClH/c1-2-9(14)10(15)5-3-7(12)8(13)4-6(5)11;/h3-4H,2H2,1H3;1H. The van der Waals surface area contributed by atoms with Gasteiger partial charge in [-0.05, 0) is 6.07 Å². The summed E-state index contributed by atoms with van der Waals surface area (Å²) in [5, 5.41) is 0. The molecule has 1 aromatic carbocycles. The third kappa shape index (κ3) is 2.82. The normalized spacial score (nSPS) is 9.50. The van der Waals surface area contributed by atoms with Crippen molar-refractivity contribution in [1.82, 2.24) is 0 Å². The Morgan fingerprint density at radius 3 is 2.06 bits per heavy atom. The summed E-state index contributed by atoms with van der Waals surface area (Å²) < 4.78 is 38.2. The Kier molecular flexibility index (Phi) is 5.17. The number of Topliss-reactive ketones (excluding diaryl/α,β-unsaturated/α-hetero) is 2. The summed E-state index contributed by atoms with van der Waals surface area (Å²) in [6.07, 6.45) is -0.114. The summed E-state index contributed by atoms with van der Waals surface area (Å²) in [5.41, 5.74) is -0.735. The van der Waals surface area contributed by atoms with Gasteiger partial charge in [0.2, 0.25) is 11.6 Å². The second kappa shape index (κ2) is 5.65. The maximum absolute atomic E-state index is 13.0. The van der Waals surface area contributed by atoms with Crippen molar-refractivity contribution in [3.63, 3.8) is 0 Å². The van der Waals surface area contributed by atoms with Gasteiger partial charge in [-0.2, -0.15) is 0 Å². The van der Waals surface area contributed by atoms with Crippen LogP contribution in [0.15, 0.2) is 12.1 Å². The zero-order chi connectivity index (χ0) is 11.6. The molecule has 2 nitrogen and oxygen atoms in total. The maximum atomic E-state index is 13.0. The van der Waals surface area contributed by atoms with Crippen molar-refractivity contribution in [2.24, 2.45) is 0 Å². The third-order valence-corrected chi connectivity index (χ3v) is 1.83. The number of rotatable bonds is 3. The minimum absolute atomic E-state index is 0. The highest BCUT2D eigenvalue weighted by Crippen LogP contribution is 2.14. The molecule has 0 aromatic heterocycles. The first-order chi connectivity index (χ1) is 6.97. The topological polar surface area (TPSA) is 34.1 Å². The van der Waals surface area contributed by atoms with E-state index in [9.17, 15) is 22.8 Å². The van der Waals surface area contributed by atoms with E-state index in [-0.39, 0.29) is 24.9 Å². The van der Waals surface area contributed by atoms with Gasteiger partial charge in [0, 0.05) is 12.5 Å². The lowest BCUT2D eigenvalue weighted by atomic mass is 10.1. The molecule has 0 radical (unpaired) electrons. The van der Waals surface area contributed by atoms with E-state index < -0.39 is 34.6 Å². The Morgan fingerprint density at radius 2 is 1.56 bits per heavy atom. The summed E-state index contributed by atoms with van der Waals surface area (Å²) in [4.78, 5) is 22.1. The molecule has 0 amide bonds. The highest BCUT2D eigenvalue weighted by Gasteiger charge is 2.20. The molecular formula is C10H8ClF3O2. The van der Waals surface area contributed by atoms with Crippen molar-refractivity contribution in [1.29, 1.82) is 0 Å². The maximum Gasteiger partial charge on any atom is 0.231 e. The van der Waals surface area contributed by atoms with Gasteiger partial charge in [-0.1, -0.05) is 6.92 Å². The largest absolute Gasteiger partial charge is 0.290 e. The number of carbonyl (C=O) groups is 2. The molecule has 0 aliphatic rings. The van der Waals surface area contributed by atoms with Gasteiger partial charge in [0.05, 0.1) is 5.56 Å². The molecule has 16 heavy (non-hydrogen) atoms. The van der Waals surface area contributed by atoms with E-state index >= 15 is 0 Å². The van der Waals surface area contributed by atoms with Gasteiger partial charge in [-0.15, -0.1) is 12.4 Å². The molecule has 1 rings (SSSR count). The molecule has 0 spiro atoms. The zero-order valence-electron chi connectivity index (χ0n) is 8.22. The van der Waals surface area contributed by atoms with Crippen LogP contribution in [0.25, 0.3) is 0 Å². The Labute approximate surface area is 95.9 Å². The van der Waals surface area contributed by atoms with E-state index in [1.807, 2.05) is 0 Å². The predicted octanol–water partition coefficient (Wildman–Crippen LogP) is 2.69. The van der Waals surface area contributed by atoms with Gasteiger partial charge in [-0.25, -0.2) is 13.2 Å². The fourth-order valence-corrected chi connectivity index (χ4v) is 1.01. The summed E-state index contributed by atoms with van der Waals surface area (Å²) in [5.74, 6) is -5.98. The molecule has 0 unspecified atom stereocenters. The van der Waals surface area contributed by atoms with Crippen LogP contribution < -0.4 is 0 Å². The molecule has 0 fully saturated rings. The van der Waals surface area contributed by atoms with Gasteiger partial charge in [-0.3, -0.25) is 9.59 Å². The van der Waals surface area contributed by atoms with Crippen LogP contribution in [0.2, 0.25) is 0 Å². The number of ketones is 2. The molecule has 0 saturated heterocycles. The fraction of sp³-hybridized carbons (Fsp3) is 0.200. The summed E-state index contributed by atoms with van der Waals surface area (Å²) >= 11 is 0. The zero-order valence-corrected chi connectivity index (χ0v) is 9.04. The third-order valence-electron chi connectivity index (χ3n) is 1.83. The first kappa shape index (κ1) is 14.6. The Balaban J connectivity index is 0.00000225. The summed E-state index contributed by atoms with van der Waals surface area (Å²) in [7, 11) is 0. The van der Waals surface area contributed by atoms with E-state index in [1.165, 1.54) is 6.92 Å². The second-order valence-corrected chi connectivity index (χ2v) is 2.85.